The van der Waals surface area contributed by atoms with E-state index in [-0.39, 0.29) is 0 Å². The van der Waals surface area contributed by atoms with Gasteiger partial charge in [0.2, 0.25) is 4.80 Å². The fraction of sp³-hybridized carbons (Fsp3) is 0.217. The lowest BCUT2D eigenvalue weighted by molar-refractivity contribution is 0.122. The summed E-state index contributed by atoms with van der Waals surface area (Å²) < 4.78 is 8.36. The first-order valence-electron chi connectivity index (χ1n) is 9.79. The van der Waals surface area contributed by atoms with Crippen molar-refractivity contribution in [3.63, 3.8) is 0 Å². The molecule has 30 heavy (non-hydrogen) atoms. The first-order chi connectivity index (χ1) is 14.7. The third-order valence-electron chi connectivity index (χ3n) is 4.75. The SMILES string of the molecule is C=CCN=c1scc(-c2cccc(Br)c2)n1N=Cc1ccc(N2CCOCC2)cc1. The van der Waals surface area contributed by atoms with E-state index in [1.54, 1.807) is 17.4 Å². The smallest absolute Gasteiger partial charge is 0.206 e. The van der Waals surface area contributed by atoms with E-state index in [1.807, 2.05) is 23.0 Å². The molecule has 0 bridgehead atoms. The Labute approximate surface area is 188 Å². The average Bonchev–Trinajstić information content (AvgIpc) is 3.20. The third kappa shape index (κ3) is 4.98. The maximum atomic E-state index is 5.44. The second-order valence-corrected chi connectivity index (χ2v) is 8.54. The zero-order chi connectivity index (χ0) is 20.8. The fourth-order valence-electron chi connectivity index (χ4n) is 3.23. The predicted molar refractivity (Wildman–Crippen MR) is 129 cm³/mol. The number of aromatic nitrogens is 1. The molecule has 2 heterocycles. The molecule has 5 nitrogen and oxygen atoms in total. The number of benzene rings is 2. The van der Waals surface area contributed by atoms with Crippen LogP contribution < -0.4 is 9.70 Å². The van der Waals surface area contributed by atoms with E-state index in [2.05, 4.69) is 74.2 Å². The molecule has 4 rings (SSSR count). The van der Waals surface area contributed by atoms with Gasteiger partial charge in [0.15, 0.2) is 0 Å². The van der Waals surface area contributed by atoms with Gasteiger partial charge in [-0.3, -0.25) is 4.99 Å². The van der Waals surface area contributed by atoms with Gasteiger partial charge in [0.1, 0.15) is 0 Å². The molecule has 0 radical (unpaired) electrons. The molecule has 0 saturated carbocycles. The third-order valence-corrected chi connectivity index (χ3v) is 6.10. The lowest BCUT2D eigenvalue weighted by Crippen LogP contribution is -2.36. The van der Waals surface area contributed by atoms with E-state index >= 15 is 0 Å². The number of hydrogen-bond acceptors (Lipinski definition) is 5. The van der Waals surface area contributed by atoms with Crippen LogP contribution in [0.4, 0.5) is 5.69 Å². The van der Waals surface area contributed by atoms with Crippen LogP contribution in [0.25, 0.3) is 11.3 Å². The summed E-state index contributed by atoms with van der Waals surface area (Å²) in [5.41, 5.74) is 4.35. The van der Waals surface area contributed by atoms with Crippen LogP contribution >= 0.6 is 27.3 Å². The number of ether oxygens (including phenoxy) is 1. The van der Waals surface area contributed by atoms with Gasteiger partial charge in [-0.25, -0.2) is 4.68 Å². The highest BCUT2D eigenvalue weighted by Crippen LogP contribution is 2.23. The van der Waals surface area contributed by atoms with Crippen molar-refractivity contribution < 1.29 is 4.74 Å². The molecule has 1 aliphatic heterocycles. The minimum Gasteiger partial charge on any atom is -0.378 e. The number of halogens is 1. The Kier molecular flexibility index (Phi) is 6.94. The number of rotatable bonds is 6. The predicted octanol–water partition coefficient (Wildman–Crippen LogP) is 4.78. The molecular weight excluding hydrogens is 460 g/mol. The quantitative estimate of drug-likeness (QED) is 0.374. The minimum absolute atomic E-state index is 0.558. The Morgan fingerprint density at radius 2 is 1.93 bits per heavy atom. The molecule has 1 fully saturated rings. The van der Waals surface area contributed by atoms with Crippen LogP contribution in [0.1, 0.15) is 5.56 Å². The summed E-state index contributed by atoms with van der Waals surface area (Å²) in [6.07, 6.45) is 3.67. The first-order valence-corrected chi connectivity index (χ1v) is 11.5. The lowest BCUT2D eigenvalue weighted by atomic mass is 10.2. The van der Waals surface area contributed by atoms with Crippen molar-refractivity contribution in [3.05, 3.63) is 81.4 Å². The molecule has 2 aromatic carbocycles. The molecule has 1 aromatic heterocycles. The van der Waals surface area contributed by atoms with E-state index in [0.717, 1.165) is 52.4 Å². The summed E-state index contributed by atoms with van der Waals surface area (Å²) in [5, 5.41) is 6.85. The zero-order valence-electron chi connectivity index (χ0n) is 16.6. The zero-order valence-corrected chi connectivity index (χ0v) is 19.0. The standard InChI is InChI=1S/C23H23BrN4OS/c1-2-10-25-23-28(22(17-30-23)19-4-3-5-20(24)15-19)26-16-18-6-8-21(9-7-18)27-11-13-29-14-12-27/h2-9,15-17H,1,10-14H2. The highest BCUT2D eigenvalue weighted by molar-refractivity contribution is 9.10. The van der Waals surface area contributed by atoms with Crippen LogP contribution in [0.15, 0.2) is 81.1 Å². The van der Waals surface area contributed by atoms with Crippen molar-refractivity contribution in [1.82, 2.24) is 4.68 Å². The van der Waals surface area contributed by atoms with Crippen LogP contribution in [-0.2, 0) is 4.74 Å². The van der Waals surface area contributed by atoms with E-state index in [9.17, 15) is 0 Å². The largest absolute Gasteiger partial charge is 0.378 e. The van der Waals surface area contributed by atoms with Gasteiger partial charge >= 0.3 is 0 Å². The van der Waals surface area contributed by atoms with Crippen LogP contribution in [0, 0.1) is 0 Å². The van der Waals surface area contributed by atoms with E-state index in [0.29, 0.717) is 6.54 Å². The Morgan fingerprint density at radius 1 is 1.13 bits per heavy atom. The van der Waals surface area contributed by atoms with Gasteiger partial charge in [0, 0.05) is 34.2 Å². The molecule has 0 spiro atoms. The Hall–Kier alpha value is -2.48. The van der Waals surface area contributed by atoms with Gasteiger partial charge in [-0.15, -0.1) is 17.9 Å². The van der Waals surface area contributed by atoms with Crippen LogP contribution in [0.5, 0.6) is 0 Å². The topological polar surface area (TPSA) is 42.1 Å². The molecule has 7 heteroatoms. The first kappa shape index (κ1) is 20.8. The molecular formula is C23H23BrN4OS. The average molecular weight is 483 g/mol. The second kappa shape index (κ2) is 10.0. The highest BCUT2D eigenvalue weighted by Gasteiger charge is 2.11. The van der Waals surface area contributed by atoms with Crippen molar-refractivity contribution in [2.24, 2.45) is 10.1 Å². The number of nitrogens with zero attached hydrogens (tertiary/aromatic N) is 4. The van der Waals surface area contributed by atoms with Gasteiger partial charge in [-0.2, -0.15) is 5.10 Å². The number of morpholine rings is 1. The van der Waals surface area contributed by atoms with Gasteiger partial charge < -0.3 is 9.64 Å². The summed E-state index contributed by atoms with van der Waals surface area (Å²) in [6.45, 7) is 7.76. The number of anilines is 1. The molecule has 0 N–H and O–H groups in total. The summed E-state index contributed by atoms with van der Waals surface area (Å²) in [4.78, 5) is 7.78. The molecule has 154 valence electrons. The number of hydrogen-bond donors (Lipinski definition) is 0. The molecule has 3 aromatic rings. The summed E-state index contributed by atoms with van der Waals surface area (Å²) in [6, 6.07) is 16.7. The van der Waals surface area contributed by atoms with Gasteiger partial charge in [-0.05, 0) is 29.8 Å². The Bertz CT molecular complexity index is 1090. The van der Waals surface area contributed by atoms with Crippen molar-refractivity contribution in [2.75, 3.05) is 37.7 Å². The van der Waals surface area contributed by atoms with Crippen LogP contribution in [0.3, 0.4) is 0 Å². The molecule has 0 atom stereocenters. The van der Waals surface area contributed by atoms with Gasteiger partial charge in [0.25, 0.3) is 0 Å². The molecule has 1 saturated heterocycles. The number of thiazole rings is 1. The van der Waals surface area contributed by atoms with Crippen molar-refractivity contribution in [1.29, 1.82) is 0 Å². The van der Waals surface area contributed by atoms with Crippen molar-refractivity contribution in [3.8, 4) is 11.3 Å². The van der Waals surface area contributed by atoms with E-state index in [1.165, 1.54) is 5.69 Å². The van der Waals surface area contributed by atoms with Gasteiger partial charge in [0.05, 0.1) is 31.7 Å². The van der Waals surface area contributed by atoms with E-state index in [4.69, 9.17) is 9.84 Å². The Balaban J connectivity index is 1.63. The maximum absolute atomic E-state index is 5.44. The van der Waals surface area contributed by atoms with Crippen LogP contribution in [-0.4, -0.2) is 43.7 Å². The maximum Gasteiger partial charge on any atom is 0.206 e. The summed E-state index contributed by atoms with van der Waals surface area (Å²) >= 11 is 5.13. The van der Waals surface area contributed by atoms with Crippen molar-refractivity contribution in [2.45, 2.75) is 0 Å². The molecule has 0 amide bonds. The summed E-state index contributed by atoms with van der Waals surface area (Å²) in [5.74, 6) is 0. The minimum atomic E-state index is 0.558. The van der Waals surface area contributed by atoms with E-state index < -0.39 is 0 Å². The molecule has 0 unspecified atom stereocenters. The normalized spacial score (nSPS) is 15.1. The van der Waals surface area contributed by atoms with Gasteiger partial charge in [-0.1, -0.05) is 46.3 Å². The second-order valence-electron chi connectivity index (χ2n) is 6.79. The monoisotopic (exact) mass is 482 g/mol. The Morgan fingerprint density at radius 3 is 2.67 bits per heavy atom. The lowest BCUT2D eigenvalue weighted by Gasteiger charge is -2.28. The summed E-state index contributed by atoms with van der Waals surface area (Å²) in [7, 11) is 0. The fourth-order valence-corrected chi connectivity index (χ4v) is 4.47. The highest BCUT2D eigenvalue weighted by atomic mass is 79.9. The molecule has 1 aliphatic rings. The van der Waals surface area contributed by atoms with Crippen LogP contribution in [0.2, 0.25) is 0 Å². The van der Waals surface area contributed by atoms with Crippen molar-refractivity contribution >= 4 is 39.2 Å². The molecule has 0 aliphatic carbocycles.